The third-order valence-corrected chi connectivity index (χ3v) is 7.47. The number of ether oxygens (including phenoxy) is 2. The summed E-state index contributed by atoms with van der Waals surface area (Å²) in [5.74, 6) is -1.07. The maximum absolute atomic E-state index is 15.5. The van der Waals surface area contributed by atoms with Crippen LogP contribution in [0.15, 0.2) is 42.6 Å². The fourth-order valence-electron chi connectivity index (χ4n) is 5.78. The molecule has 3 aliphatic rings. The molecule has 0 saturated heterocycles. The summed E-state index contributed by atoms with van der Waals surface area (Å²) < 4.78 is 78.9. The lowest BCUT2D eigenvalue weighted by atomic mass is 9.97. The van der Waals surface area contributed by atoms with Crippen molar-refractivity contribution in [3.05, 3.63) is 71.1 Å². The van der Waals surface area contributed by atoms with Gasteiger partial charge in [-0.15, -0.1) is 0 Å². The average Bonchev–Trinajstić information content (AvgIpc) is 3.49. The minimum Gasteiger partial charge on any atom is -0.489 e. The van der Waals surface area contributed by atoms with Gasteiger partial charge >= 0.3 is 6.61 Å². The molecule has 0 radical (unpaired) electrons. The van der Waals surface area contributed by atoms with Gasteiger partial charge in [-0.3, -0.25) is 9.78 Å². The number of nitrogens with zero attached hydrogens (tertiary/aromatic N) is 4. The molecule has 11 heteroatoms. The number of amides is 1. The van der Waals surface area contributed by atoms with Crippen molar-refractivity contribution in [3.8, 4) is 22.6 Å². The quantitative estimate of drug-likeness (QED) is 0.423. The van der Waals surface area contributed by atoms with Gasteiger partial charge in [-0.2, -0.15) is 8.78 Å². The molecule has 1 unspecified atom stereocenters. The molecule has 0 aliphatic carbocycles. The highest BCUT2D eigenvalue weighted by atomic mass is 19.3. The highest BCUT2D eigenvalue weighted by molar-refractivity contribution is 5.98. The van der Waals surface area contributed by atoms with E-state index in [9.17, 15) is 13.6 Å². The molecule has 2 bridgehead atoms. The number of rotatable bonds is 3. The minimum atomic E-state index is -3.18. The van der Waals surface area contributed by atoms with Gasteiger partial charge in [-0.25, -0.2) is 9.37 Å². The molecule has 3 aliphatic heterocycles. The number of fused-ring (bicyclic) bond motifs is 10. The van der Waals surface area contributed by atoms with Gasteiger partial charge in [0.2, 0.25) is 0 Å². The van der Waals surface area contributed by atoms with E-state index in [1.807, 2.05) is 0 Å². The van der Waals surface area contributed by atoms with Gasteiger partial charge in [0.1, 0.15) is 35.4 Å². The van der Waals surface area contributed by atoms with Gasteiger partial charge in [-0.1, -0.05) is 6.07 Å². The molecule has 5 heterocycles. The summed E-state index contributed by atoms with van der Waals surface area (Å²) in [5, 5.41) is 0. The first kappa shape index (κ1) is 19.9. The molecule has 1 amide bonds. The van der Waals surface area contributed by atoms with E-state index >= 15 is 4.39 Å². The Labute approximate surface area is 219 Å². The number of alkyl halides is 2. The third kappa shape index (κ3) is 3.11. The molecule has 0 spiro atoms. The first-order chi connectivity index (χ1) is 19.3. The van der Waals surface area contributed by atoms with Crippen molar-refractivity contribution in [1.29, 1.82) is 0 Å². The van der Waals surface area contributed by atoms with Crippen LogP contribution in [0.2, 0.25) is 0 Å². The number of halogens is 3. The zero-order valence-corrected chi connectivity index (χ0v) is 19.9. The van der Waals surface area contributed by atoms with Crippen LogP contribution in [0.3, 0.4) is 0 Å². The number of imidazole rings is 1. The molecule has 0 saturated carbocycles. The molecular weight excluding hydrogens is 499 g/mol. The summed E-state index contributed by atoms with van der Waals surface area (Å²) in [6.07, 6.45) is 1.54. The summed E-state index contributed by atoms with van der Waals surface area (Å²) in [6.45, 7) is -4.04. The lowest BCUT2D eigenvalue weighted by Crippen LogP contribution is -2.35. The number of benzene rings is 2. The van der Waals surface area contributed by atoms with Crippen molar-refractivity contribution in [2.45, 2.75) is 37.6 Å². The van der Waals surface area contributed by atoms with Crippen LogP contribution in [0.1, 0.15) is 57.0 Å². The summed E-state index contributed by atoms with van der Waals surface area (Å²) in [6, 6.07) is 6.66. The molecule has 2 N–H and O–H groups in total. The normalized spacial score (nSPS) is 24.8. The molecule has 0 fully saturated rings. The Morgan fingerprint density at radius 3 is 2.89 bits per heavy atom. The van der Waals surface area contributed by atoms with E-state index in [0.29, 0.717) is 22.5 Å². The Balaban J connectivity index is 1.46. The first-order valence-electron chi connectivity index (χ1n) is 13.4. The topological polar surface area (TPSA) is 95.5 Å². The summed E-state index contributed by atoms with van der Waals surface area (Å²) >= 11 is 0. The lowest BCUT2D eigenvalue weighted by molar-refractivity contribution is -0.0507. The predicted molar refractivity (Wildman–Crippen MR) is 131 cm³/mol. The molecule has 7 rings (SSSR count). The van der Waals surface area contributed by atoms with Crippen molar-refractivity contribution in [2.75, 3.05) is 13.6 Å². The fourth-order valence-corrected chi connectivity index (χ4v) is 5.78. The molecule has 2 aromatic heterocycles. The van der Waals surface area contributed by atoms with Crippen LogP contribution in [-0.4, -0.2) is 45.5 Å². The van der Waals surface area contributed by atoms with Gasteiger partial charge < -0.3 is 24.7 Å². The Bertz CT molecular complexity index is 1770. The highest BCUT2D eigenvalue weighted by Crippen LogP contribution is 2.50. The summed E-state index contributed by atoms with van der Waals surface area (Å²) in [7, 11) is 0. The van der Waals surface area contributed by atoms with Crippen molar-refractivity contribution >= 4 is 16.9 Å². The van der Waals surface area contributed by atoms with E-state index in [2.05, 4.69) is 9.97 Å². The second-order valence-corrected chi connectivity index (χ2v) is 9.98. The van der Waals surface area contributed by atoms with E-state index in [1.54, 1.807) is 23.6 Å². The highest BCUT2D eigenvalue weighted by Gasteiger charge is 2.45. The van der Waals surface area contributed by atoms with Gasteiger partial charge in [0.15, 0.2) is 0 Å². The number of hydrogen-bond donors (Lipinski definition) is 1. The van der Waals surface area contributed by atoms with Crippen molar-refractivity contribution in [3.63, 3.8) is 0 Å². The van der Waals surface area contributed by atoms with Crippen LogP contribution in [-0.2, 0) is 5.54 Å². The van der Waals surface area contributed by atoms with Crippen molar-refractivity contribution in [1.82, 2.24) is 19.4 Å². The predicted octanol–water partition coefficient (Wildman–Crippen LogP) is 4.52. The van der Waals surface area contributed by atoms with E-state index in [1.165, 1.54) is 30.5 Å². The summed E-state index contributed by atoms with van der Waals surface area (Å²) in [4.78, 5) is 23.3. The largest absolute Gasteiger partial charge is 0.489 e. The number of nitrogens with two attached hydrogens (primary N) is 1. The van der Waals surface area contributed by atoms with Crippen molar-refractivity contribution < 1.29 is 31.6 Å². The van der Waals surface area contributed by atoms with Crippen LogP contribution in [0.5, 0.6) is 11.5 Å². The number of aromatic nitrogens is 3. The zero-order chi connectivity index (χ0) is 29.0. The van der Waals surface area contributed by atoms with Gasteiger partial charge in [0.05, 0.1) is 28.7 Å². The second-order valence-electron chi connectivity index (χ2n) is 9.98. The Kier molecular flexibility index (Phi) is 4.04. The Hall–Kier alpha value is -4.12. The molecule has 8 nitrogen and oxygen atoms in total. The molecular formula is C27H22F3N5O3. The third-order valence-electron chi connectivity index (χ3n) is 7.47. The molecule has 38 heavy (non-hydrogen) atoms. The second kappa shape index (κ2) is 7.70. The van der Waals surface area contributed by atoms with E-state index in [4.69, 9.17) is 19.3 Å². The van der Waals surface area contributed by atoms with Gasteiger partial charge in [0, 0.05) is 52.0 Å². The van der Waals surface area contributed by atoms with Crippen LogP contribution < -0.4 is 15.2 Å². The van der Waals surface area contributed by atoms with Crippen LogP contribution in [0.25, 0.3) is 22.2 Å². The summed E-state index contributed by atoms with van der Waals surface area (Å²) in [5.41, 5.74) is 7.27. The monoisotopic (exact) mass is 524 g/mol. The van der Waals surface area contributed by atoms with Crippen molar-refractivity contribution in [2.24, 2.45) is 5.73 Å². The molecule has 2 aromatic carbocycles. The fraction of sp³-hybridized carbons (Fsp3) is 0.296. The lowest BCUT2D eigenvalue weighted by Gasteiger charge is -2.24. The smallest absolute Gasteiger partial charge is 0.387 e. The maximum atomic E-state index is 15.5. The Morgan fingerprint density at radius 1 is 1.26 bits per heavy atom. The average molecular weight is 525 g/mol. The van der Waals surface area contributed by atoms with E-state index < -0.39 is 42.9 Å². The number of carbonyl (C=O) groups is 1. The zero-order valence-electron chi connectivity index (χ0n) is 22.9. The number of hydrogen-bond acceptors (Lipinski definition) is 6. The van der Waals surface area contributed by atoms with Gasteiger partial charge in [-0.05, 0) is 31.2 Å². The molecule has 3 atom stereocenters. The molecule has 194 valence electrons. The minimum absolute atomic E-state index is 0.0506. The standard InChI is InChI=1S/C27H22F3N5O3/c1-27(31)11-37-21-6-12(10-32-23(21)27)14-7-17-16(8-15(14)28)33-24-19-9-18(35(17)24)22-13(25(36)34(19)2)4-3-5-20(22)38-26(29)30/h3-8,10,18-19,26H,9,11,31H2,1-2H3/t18-,19-,27?/m1/s1/i2D3. The maximum Gasteiger partial charge on any atom is 0.387 e. The van der Waals surface area contributed by atoms with Crippen LogP contribution in [0, 0.1) is 5.82 Å². The van der Waals surface area contributed by atoms with Crippen LogP contribution in [0.4, 0.5) is 13.2 Å². The SMILES string of the molecule is [2H]C([2H])([2H])N1C(=O)c2cccc(OC(F)F)c2[C@H]2C[C@@H]1c1nc3cc(F)c(-c4cnc5c(c4)OCC5(C)N)cc3n12. The number of pyridine rings is 1. The van der Waals surface area contributed by atoms with E-state index in [0.717, 1.165) is 4.90 Å². The van der Waals surface area contributed by atoms with Crippen LogP contribution >= 0.6 is 0 Å². The van der Waals surface area contributed by atoms with Gasteiger partial charge in [0.25, 0.3) is 5.91 Å². The number of carbonyl (C=O) groups excluding carboxylic acids is 1. The Morgan fingerprint density at radius 2 is 2.11 bits per heavy atom. The van der Waals surface area contributed by atoms with E-state index in [-0.39, 0.29) is 46.8 Å². The first-order valence-corrected chi connectivity index (χ1v) is 11.9. The molecule has 4 aromatic rings.